The fraction of sp³-hybridized carbons (Fsp3) is 0.106. The van der Waals surface area contributed by atoms with Crippen LogP contribution in [0.4, 0.5) is 0 Å². The van der Waals surface area contributed by atoms with Crippen molar-refractivity contribution in [3.05, 3.63) is 157 Å². The van der Waals surface area contributed by atoms with Gasteiger partial charge in [-0.25, -0.2) is 0 Å². The molecule has 0 nitrogen and oxygen atoms in total. The summed E-state index contributed by atoms with van der Waals surface area (Å²) in [6.07, 6.45) is 5.39. The molecular weight excluding hydrogens is 565 g/mol. The molecule has 0 amide bonds. The van der Waals surface area contributed by atoms with E-state index in [1.807, 2.05) is 0 Å². The van der Waals surface area contributed by atoms with E-state index < -0.39 is 0 Å². The molecule has 47 heavy (non-hydrogen) atoms. The van der Waals surface area contributed by atoms with E-state index in [0.29, 0.717) is 0 Å². The fourth-order valence-electron chi connectivity index (χ4n) is 8.53. The average Bonchev–Trinajstić information content (AvgIpc) is 3.79. The molecule has 0 heteroatoms. The first kappa shape index (κ1) is 26.7. The summed E-state index contributed by atoms with van der Waals surface area (Å²) in [6, 6.07) is 57.0. The van der Waals surface area contributed by atoms with E-state index in [2.05, 4.69) is 152 Å². The zero-order valence-corrected chi connectivity index (χ0v) is 26.3. The molecule has 8 aromatic carbocycles. The second-order valence-corrected chi connectivity index (χ2v) is 13.6. The van der Waals surface area contributed by atoms with Crippen molar-refractivity contribution in [2.24, 2.45) is 0 Å². The van der Waals surface area contributed by atoms with Crippen molar-refractivity contribution in [1.29, 1.82) is 0 Å². The van der Waals surface area contributed by atoms with Gasteiger partial charge in [-0.2, -0.15) is 0 Å². The molecule has 2 aliphatic carbocycles. The molecule has 0 N–H and O–H groups in total. The van der Waals surface area contributed by atoms with Crippen molar-refractivity contribution < 1.29 is 0 Å². The lowest BCUT2D eigenvalue weighted by Crippen LogP contribution is -1.92. The predicted molar refractivity (Wildman–Crippen MR) is 201 cm³/mol. The summed E-state index contributed by atoms with van der Waals surface area (Å²) >= 11 is 0. The Morgan fingerprint density at radius 2 is 0.936 bits per heavy atom. The van der Waals surface area contributed by atoms with E-state index in [9.17, 15) is 0 Å². The quantitative estimate of drug-likeness (QED) is 0.189. The molecule has 0 spiro atoms. The number of benzene rings is 8. The number of fused-ring (bicyclic) bond motifs is 5. The van der Waals surface area contributed by atoms with Gasteiger partial charge in [0.1, 0.15) is 0 Å². The molecule has 1 saturated carbocycles. The van der Waals surface area contributed by atoms with Crippen molar-refractivity contribution >= 4 is 32.3 Å². The first-order valence-corrected chi connectivity index (χ1v) is 17.1. The van der Waals surface area contributed by atoms with Crippen LogP contribution in [0.2, 0.25) is 0 Å². The van der Waals surface area contributed by atoms with Crippen LogP contribution in [0.3, 0.4) is 0 Å². The van der Waals surface area contributed by atoms with Gasteiger partial charge in [0.15, 0.2) is 0 Å². The van der Waals surface area contributed by atoms with Gasteiger partial charge in [0.2, 0.25) is 0 Å². The maximum Gasteiger partial charge on any atom is -0.00201 e. The monoisotopic (exact) mass is 598 g/mol. The Kier molecular flexibility index (Phi) is 5.99. The summed E-state index contributed by atoms with van der Waals surface area (Å²) in [5.41, 5.74) is 14.7. The van der Waals surface area contributed by atoms with E-state index >= 15 is 0 Å². The zero-order chi connectivity index (χ0) is 30.9. The number of rotatable bonds is 4. The molecule has 0 saturated heterocycles. The molecule has 0 bridgehead atoms. The van der Waals surface area contributed by atoms with Gasteiger partial charge in [-0.1, -0.05) is 152 Å². The SMILES string of the molecule is c1ccc2cc(-c3ccc(-c4ccc5cccc(-c6ccc7c8c(cccc68)-c6cc(C8CCCC8)ccc6-7)c5c4)cc3)ccc2c1. The van der Waals surface area contributed by atoms with Crippen LogP contribution >= 0.6 is 0 Å². The minimum Gasteiger partial charge on any atom is -0.0616 e. The van der Waals surface area contributed by atoms with Crippen molar-refractivity contribution in [2.45, 2.75) is 31.6 Å². The molecule has 0 unspecified atom stereocenters. The summed E-state index contributed by atoms with van der Waals surface area (Å²) < 4.78 is 0. The van der Waals surface area contributed by atoms with E-state index in [1.165, 1.54) is 119 Å². The van der Waals surface area contributed by atoms with Crippen LogP contribution in [-0.4, -0.2) is 0 Å². The Morgan fingerprint density at radius 3 is 1.77 bits per heavy atom. The third kappa shape index (κ3) is 4.29. The van der Waals surface area contributed by atoms with Crippen molar-refractivity contribution in [3.63, 3.8) is 0 Å². The topological polar surface area (TPSA) is 0 Å². The number of hydrogen-bond donors (Lipinski definition) is 0. The predicted octanol–water partition coefficient (Wildman–Crippen LogP) is 13.5. The molecule has 0 aliphatic heterocycles. The van der Waals surface area contributed by atoms with Gasteiger partial charge >= 0.3 is 0 Å². The highest BCUT2D eigenvalue weighted by Crippen LogP contribution is 2.51. The molecule has 0 heterocycles. The molecular formula is C47H34. The highest BCUT2D eigenvalue weighted by Gasteiger charge is 2.25. The van der Waals surface area contributed by atoms with Gasteiger partial charge in [0, 0.05) is 0 Å². The maximum atomic E-state index is 2.51. The minimum absolute atomic E-state index is 0.721. The van der Waals surface area contributed by atoms with Crippen molar-refractivity contribution in [2.75, 3.05) is 0 Å². The average molecular weight is 599 g/mol. The summed E-state index contributed by atoms with van der Waals surface area (Å²) in [6.45, 7) is 0. The molecule has 1 fully saturated rings. The largest absolute Gasteiger partial charge is 0.0616 e. The molecule has 0 atom stereocenters. The molecule has 0 radical (unpaired) electrons. The Bertz CT molecular complexity index is 2510. The Labute approximate surface area is 276 Å². The normalized spacial score (nSPS) is 14.0. The van der Waals surface area contributed by atoms with Gasteiger partial charge < -0.3 is 0 Å². The molecule has 8 aromatic rings. The van der Waals surface area contributed by atoms with Crippen LogP contribution in [0.5, 0.6) is 0 Å². The van der Waals surface area contributed by atoms with Crippen LogP contribution in [0.25, 0.3) is 88.0 Å². The second-order valence-electron chi connectivity index (χ2n) is 13.6. The lowest BCUT2D eigenvalue weighted by molar-refractivity contribution is 0.724. The highest BCUT2D eigenvalue weighted by atomic mass is 14.3. The van der Waals surface area contributed by atoms with Gasteiger partial charge in [-0.05, 0) is 124 Å². The molecule has 10 rings (SSSR count). The third-order valence-corrected chi connectivity index (χ3v) is 11.0. The standard InChI is InChI=1S/C47H34/c1-2-8-30(7-1)38-23-24-41-44-26-25-40(42-13-6-14-43(47(42)44)46(41)29-38)39-12-5-11-34-20-22-37(28-45(34)39)33-17-15-32(16-18-33)36-21-19-31-9-3-4-10-35(31)27-36/h3-6,9-30H,1-2,7-8H2. The van der Waals surface area contributed by atoms with E-state index in [-0.39, 0.29) is 0 Å². The molecule has 0 aromatic heterocycles. The maximum absolute atomic E-state index is 2.51. The van der Waals surface area contributed by atoms with E-state index in [0.717, 1.165) is 5.92 Å². The Balaban J connectivity index is 1.06. The summed E-state index contributed by atoms with van der Waals surface area (Å²) in [4.78, 5) is 0. The van der Waals surface area contributed by atoms with Gasteiger partial charge in [-0.3, -0.25) is 0 Å². The van der Waals surface area contributed by atoms with Gasteiger partial charge in [0.05, 0.1) is 0 Å². The fourth-order valence-corrected chi connectivity index (χ4v) is 8.53. The van der Waals surface area contributed by atoms with Gasteiger partial charge in [0.25, 0.3) is 0 Å². The van der Waals surface area contributed by atoms with Crippen LogP contribution in [0.1, 0.15) is 37.2 Å². The Hall–Kier alpha value is -5.46. The lowest BCUT2D eigenvalue weighted by atomic mass is 9.90. The number of hydrogen-bond acceptors (Lipinski definition) is 0. The Morgan fingerprint density at radius 1 is 0.340 bits per heavy atom. The summed E-state index contributed by atoms with van der Waals surface area (Å²) in [5, 5.41) is 7.86. The van der Waals surface area contributed by atoms with Crippen molar-refractivity contribution in [3.8, 4) is 55.6 Å². The zero-order valence-electron chi connectivity index (χ0n) is 26.3. The van der Waals surface area contributed by atoms with Crippen LogP contribution in [-0.2, 0) is 0 Å². The van der Waals surface area contributed by atoms with E-state index in [1.54, 1.807) is 0 Å². The molecule has 2 aliphatic rings. The van der Waals surface area contributed by atoms with Crippen molar-refractivity contribution in [1.82, 2.24) is 0 Å². The van der Waals surface area contributed by atoms with Crippen LogP contribution in [0, 0.1) is 0 Å². The first-order chi connectivity index (χ1) is 23.3. The van der Waals surface area contributed by atoms with Crippen LogP contribution in [0.15, 0.2) is 152 Å². The van der Waals surface area contributed by atoms with Gasteiger partial charge in [-0.15, -0.1) is 0 Å². The van der Waals surface area contributed by atoms with Crippen LogP contribution < -0.4 is 0 Å². The second kappa shape index (κ2) is 10.5. The summed E-state index contributed by atoms with van der Waals surface area (Å²) in [5.74, 6) is 0.721. The first-order valence-electron chi connectivity index (χ1n) is 17.1. The minimum atomic E-state index is 0.721. The smallest absolute Gasteiger partial charge is 0.00201 e. The highest BCUT2D eigenvalue weighted by molar-refractivity contribution is 6.20. The third-order valence-electron chi connectivity index (χ3n) is 11.0. The van der Waals surface area contributed by atoms with E-state index in [4.69, 9.17) is 0 Å². The molecule has 222 valence electrons. The summed E-state index contributed by atoms with van der Waals surface area (Å²) in [7, 11) is 0. The lowest BCUT2D eigenvalue weighted by Gasteiger charge is -2.13.